The number of aromatic nitrogens is 1. The van der Waals surface area contributed by atoms with Crippen LogP contribution >= 0.6 is 11.6 Å². The number of benzene rings is 1. The van der Waals surface area contributed by atoms with Gasteiger partial charge in [-0.05, 0) is 49.2 Å². The molecular weight excluding hydrogens is 288 g/mol. The van der Waals surface area contributed by atoms with E-state index < -0.39 is 0 Å². The maximum Gasteiger partial charge on any atom is 0.351 e. The van der Waals surface area contributed by atoms with E-state index >= 15 is 0 Å². The highest BCUT2D eigenvalue weighted by molar-refractivity contribution is 6.30. The van der Waals surface area contributed by atoms with Crippen molar-refractivity contribution in [3.63, 3.8) is 0 Å². The zero-order chi connectivity index (χ0) is 14.7. The summed E-state index contributed by atoms with van der Waals surface area (Å²) in [6, 6.07) is 10.3. The van der Waals surface area contributed by atoms with Gasteiger partial charge in [-0.3, -0.25) is 4.90 Å². The average Bonchev–Trinajstić information content (AvgIpc) is 3.04. The van der Waals surface area contributed by atoms with Crippen molar-refractivity contribution in [3.05, 3.63) is 53.2 Å². The fourth-order valence-electron chi connectivity index (χ4n) is 2.46. The first-order valence-corrected chi connectivity index (χ1v) is 7.35. The number of aromatic amines is 1. The molecule has 5 heteroatoms. The molecule has 1 aromatic heterocycles. The van der Waals surface area contributed by atoms with Gasteiger partial charge >= 0.3 is 5.97 Å². The number of pyridine rings is 1. The van der Waals surface area contributed by atoms with Gasteiger partial charge in [0.15, 0.2) is 0 Å². The van der Waals surface area contributed by atoms with Gasteiger partial charge in [-0.15, -0.1) is 0 Å². The van der Waals surface area contributed by atoms with Crippen LogP contribution in [-0.4, -0.2) is 19.1 Å². The van der Waals surface area contributed by atoms with E-state index in [4.69, 9.17) is 16.3 Å². The predicted molar refractivity (Wildman–Crippen MR) is 80.9 cm³/mol. The highest BCUT2D eigenvalue weighted by Crippen LogP contribution is 2.22. The number of nitrogens with one attached hydrogen (secondary N) is 1. The summed E-state index contributed by atoms with van der Waals surface area (Å²) in [5.74, 6) is 0.950. The normalized spacial score (nSPS) is 14.2. The number of rotatable bonds is 3. The number of H-pyrrole nitrogens is 1. The van der Waals surface area contributed by atoms with Gasteiger partial charge in [-0.2, -0.15) is 0 Å². The van der Waals surface area contributed by atoms with Crippen molar-refractivity contribution in [2.24, 2.45) is 0 Å². The van der Waals surface area contributed by atoms with Crippen LogP contribution in [0.5, 0.6) is 5.75 Å². The van der Waals surface area contributed by atoms with Crippen molar-refractivity contribution in [1.29, 1.82) is 0 Å². The lowest BCUT2D eigenvalue weighted by Crippen LogP contribution is -2.29. The van der Waals surface area contributed by atoms with Crippen LogP contribution < -0.4 is 14.6 Å². The Morgan fingerprint density at radius 2 is 1.86 bits per heavy atom. The first-order valence-electron chi connectivity index (χ1n) is 6.97. The zero-order valence-corrected chi connectivity index (χ0v) is 12.3. The van der Waals surface area contributed by atoms with Gasteiger partial charge in [0.05, 0.1) is 19.3 Å². The van der Waals surface area contributed by atoms with E-state index in [-0.39, 0.29) is 5.97 Å². The maximum absolute atomic E-state index is 12.4. The van der Waals surface area contributed by atoms with Crippen LogP contribution in [-0.2, 0) is 0 Å². The van der Waals surface area contributed by atoms with E-state index in [1.165, 1.54) is 0 Å². The summed E-state index contributed by atoms with van der Waals surface area (Å²) in [5.41, 5.74) is 0.550. The molecule has 1 aliphatic heterocycles. The smallest absolute Gasteiger partial charge is 0.351 e. The molecule has 0 bridgehead atoms. The second-order valence-corrected chi connectivity index (χ2v) is 5.41. The summed E-state index contributed by atoms with van der Waals surface area (Å²) in [6.07, 6.45) is 4.12. The van der Waals surface area contributed by atoms with Gasteiger partial charge in [-0.25, -0.2) is 9.78 Å². The molecule has 1 aliphatic rings. The first kappa shape index (κ1) is 13.9. The molecule has 21 heavy (non-hydrogen) atoms. The van der Waals surface area contributed by atoms with Crippen LogP contribution in [0.25, 0.3) is 0 Å². The van der Waals surface area contributed by atoms with E-state index in [2.05, 4.69) is 9.88 Å². The zero-order valence-electron chi connectivity index (χ0n) is 11.5. The molecule has 0 aliphatic carbocycles. The average molecular weight is 304 g/mol. The number of hydrogen-bond donors (Lipinski definition) is 0. The minimum atomic E-state index is -0.365. The molecule has 1 saturated heterocycles. The third kappa shape index (κ3) is 3.16. The van der Waals surface area contributed by atoms with Crippen LogP contribution in [0, 0.1) is 0 Å². The summed E-state index contributed by atoms with van der Waals surface area (Å²) < 4.78 is 5.41. The van der Waals surface area contributed by atoms with Gasteiger partial charge in [0.25, 0.3) is 5.82 Å². The largest absolute Gasteiger partial charge is 0.423 e. The molecule has 2 aromatic rings. The minimum Gasteiger partial charge on any atom is -0.423 e. The van der Waals surface area contributed by atoms with Crippen molar-refractivity contribution >= 4 is 23.4 Å². The summed E-state index contributed by atoms with van der Waals surface area (Å²) in [6.45, 7) is 1.92. The lowest BCUT2D eigenvalue weighted by molar-refractivity contribution is -0.364. The van der Waals surface area contributed by atoms with Gasteiger partial charge in [0, 0.05) is 5.02 Å². The summed E-state index contributed by atoms with van der Waals surface area (Å²) >= 11 is 5.82. The number of hydrogen-bond acceptors (Lipinski definition) is 3. The predicted octanol–water partition coefficient (Wildman–Crippen LogP) is 2.97. The second-order valence-electron chi connectivity index (χ2n) is 4.97. The van der Waals surface area contributed by atoms with E-state index in [1.54, 1.807) is 36.4 Å². The molecule has 0 amide bonds. The molecule has 1 aromatic carbocycles. The van der Waals surface area contributed by atoms with Gasteiger partial charge in [-0.1, -0.05) is 11.6 Å². The van der Waals surface area contributed by atoms with Gasteiger partial charge in [0.2, 0.25) is 0 Å². The SMILES string of the molecule is O=C(Oc1ccc(Cl)cc1)c1ccc[nH+]c1N1CCCC1. The quantitative estimate of drug-likeness (QED) is 0.647. The van der Waals surface area contributed by atoms with E-state index in [1.807, 2.05) is 6.20 Å². The van der Waals surface area contributed by atoms with Crippen molar-refractivity contribution in [2.45, 2.75) is 12.8 Å². The summed E-state index contributed by atoms with van der Waals surface area (Å²) in [4.78, 5) is 17.7. The molecule has 0 spiro atoms. The summed E-state index contributed by atoms with van der Waals surface area (Å²) in [7, 11) is 0. The lowest BCUT2D eigenvalue weighted by Gasteiger charge is -2.12. The Hall–Kier alpha value is -2.07. The van der Waals surface area contributed by atoms with Crippen LogP contribution in [0.15, 0.2) is 42.6 Å². The summed E-state index contributed by atoms with van der Waals surface area (Å²) in [5, 5.41) is 0.612. The molecule has 4 nitrogen and oxygen atoms in total. The number of carbonyl (C=O) groups excluding carboxylic acids is 1. The Balaban J connectivity index is 1.82. The van der Waals surface area contributed by atoms with Gasteiger partial charge < -0.3 is 4.74 Å². The van der Waals surface area contributed by atoms with Crippen molar-refractivity contribution in [2.75, 3.05) is 18.0 Å². The maximum atomic E-state index is 12.4. The number of nitrogens with zero attached hydrogens (tertiary/aromatic N) is 1. The van der Waals surface area contributed by atoms with Crippen LogP contribution in [0.4, 0.5) is 5.82 Å². The molecule has 1 N–H and O–H groups in total. The number of esters is 1. The van der Waals surface area contributed by atoms with Crippen LogP contribution in [0.2, 0.25) is 5.02 Å². The number of ether oxygens (including phenoxy) is 1. The number of halogens is 1. The van der Waals surface area contributed by atoms with E-state index in [0.29, 0.717) is 16.3 Å². The molecular formula is C16H16ClN2O2+. The number of anilines is 1. The van der Waals surface area contributed by atoms with Crippen molar-refractivity contribution < 1.29 is 14.5 Å². The lowest BCUT2D eigenvalue weighted by atomic mass is 10.2. The highest BCUT2D eigenvalue weighted by Gasteiger charge is 2.27. The van der Waals surface area contributed by atoms with Crippen LogP contribution in [0.1, 0.15) is 23.2 Å². The molecule has 108 valence electrons. The highest BCUT2D eigenvalue weighted by atomic mass is 35.5. The second kappa shape index (κ2) is 6.14. The topological polar surface area (TPSA) is 43.7 Å². The Labute approximate surface area is 128 Å². The van der Waals surface area contributed by atoms with Crippen molar-refractivity contribution in [1.82, 2.24) is 0 Å². The Bertz CT molecular complexity index is 637. The van der Waals surface area contributed by atoms with E-state index in [9.17, 15) is 4.79 Å². The fraction of sp³-hybridized carbons (Fsp3) is 0.250. The standard InChI is InChI=1S/C16H15ClN2O2/c17-12-5-7-13(8-6-12)21-16(20)14-4-3-9-18-15(14)19-10-1-2-11-19/h3-9H,1-2,10-11H2/p+1. The molecule has 2 heterocycles. The molecule has 0 atom stereocenters. The Kier molecular flexibility index (Phi) is 4.06. The third-order valence-electron chi connectivity index (χ3n) is 3.50. The minimum absolute atomic E-state index is 0.365. The molecule has 0 saturated carbocycles. The first-order chi connectivity index (χ1) is 10.2. The Morgan fingerprint density at radius 3 is 2.57 bits per heavy atom. The fourth-order valence-corrected chi connectivity index (χ4v) is 2.59. The van der Waals surface area contributed by atoms with Crippen molar-refractivity contribution in [3.8, 4) is 5.75 Å². The molecule has 3 rings (SSSR count). The molecule has 0 unspecified atom stereocenters. The Morgan fingerprint density at radius 1 is 1.14 bits per heavy atom. The molecule has 1 fully saturated rings. The van der Waals surface area contributed by atoms with Crippen LogP contribution in [0.3, 0.4) is 0 Å². The van der Waals surface area contributed by atoms with Gasteiger partial charge in [0.1, 0.15) is 11.3 Å². The van der Waals surface area contributed by atoms with E-state index in [0.717, 1.165) is 31.7 Å². The third-order valence-corrected chi connectivity index (χ3v) is 3.75. The molecule has 0 radical (unpaired) electrons. The monoisotopic (exact) mass is 303 g/mol. The number of carbonyl (C=O) groups is 1.